The molecule has 23 heavy (non-hydrogen) atoms. The Morgan fingerprint density at radius 2 is 1.83 bits per heavy atom. The fourth-order valence-electron chi connectivity index (χ4n) is 2.74. The number of hydrogen-bond donors (Lipinski definition) is 1. The Labute approximate surface area is 142 Å². The van der Waals surface area contributed by atoms with Crippen LogP contribution >= 0.6 is 15.9 Å². The van der Waals surface area contributed by atoms with Gasteiger partial charge in [-0.1, -0.05) is 39.7 Å². The van der Waals surface area contributed by atoms with Gasteiger partial charge in [-0.3, -0.25) is 4.79 Å². The molecule has 0 bridgehead atoms. The van der Waals surface area contributed by atoms with E-state index in [4.69, 9.17) is 5.73 Å². The number of anilines is 1. The van der Waals surface area contributed by atoms with Crippen molar-refractivity contribution in [2.45, 2.75) is 20.8 Å². The Kier molecular flexibility index (Phi) is 3.90. The third-order valence-corrected chi connectivity index (χ3v) is 4.86. The van der Waals surface area contributed by atoms with Crippen LogP contribution in [0, 0.1) is 20.8 Å². The summed E-state index contributed by atoms with van der Waals surface area (Å²) < 4.78 is 0.926. The first-order valence-electron chi connectivity index (χ1n) is 7.23. The highest BCUT2D eigenvalue weighted by Crippen LogP contribution is 2.31. The summed E-state index contributed by atoms with van der Waals surface area (Å²) in [6.07, 6.45) is 0. The van der Waals surface area contributed by atoms with E-state index in [2.05, 4.69) is 26.1 Å². The van der Waals surface area contributed by atoms with E-state index in [1.54, 1.807) is 0 Å². The molecule has 4 nitrogen and oxygen atoms in total. The smallest absolute Gasteiger partial charge is 0.215 e. The second-order valence-electron chi connectivity index (χ2n) is 5.68. The molecule has 0 aliphatic carbocycles. The molecule has 0 unspecified atom stereocenters. The van der Waals surface area contributed by atoms with Gasteiger partial charge in [0.2, 0.25) is 5.78 Å². The SMILES string of the molecule is Cc1ccc(C(=O)c2nnc3ccc(Br)c(C)c3c2N)c(C)c1. The van der Waals surface area contributed by atoms with Gasteiger partial charge in [0.05, 0.1) is 11.2 Å². The third kappa shape index (κ3) is 2.61. The summed E-state index contributed by atoms with van der Waals surface area (Å²) in [4.78, 5) is 12.8. The number of carbonyl (C=O) groups is 1. The van der Waals surface area contributed by atoms with E-state index in [1.165, 1.54) is 0 Å². The quantitative estimate of drug-likeness (QED) is 0.689. The van der Waals surface area contributed by atoms with Gasteiger partial charge >= 0.3 is 0 Å². The van der Waals surface area contributed by atoms with Crippen molar-refractivity contribution in [3.05, 3.63) is 62.8 Å². The molecule has 2 aromatic carbocycles. The van der Waals surface area contributed by atoms with Gasteiger partial charge < -0.3 is 5.73 Å². The first-order chi connectivity index (χ1) is 10.9. The average Bonchev–Trinajstić information content (AvgIpc) is 2.50. The van der Waals surface area contributed by atoms with E-state index in [-0.39, 0.29) is 11.5 Å². The van der Waals surface area contributed by atoms with E-state index >= 15 is 0 Å². The summed E-state index contributed by atoms with van der Waals surface area (Å²) in [6, 6.07) is 9.43. The zero-order valence-electron chi connectivity index (χ0n) is 13.1. The predicted molar refractivity (Wildman–Crippen MR) is 95.7 cm³/mol. The number of fused-ring (bicyclic) bond motifs is 1. The zero-order valence-corrected chi connectivity index (χ0v) is 14.7. The lowest BCUT2D eigenvalue weighted by Crippen LogP contribution is -2.12. The highest BCUT2D eigenvalue weighted by Gasteiger charge is 2.20. The van der Waals surface area contributed by atoms with Crippen LogP contribution in [0.2, 0.25) is 0 Å². The molecule has 1 heterocycles. The Morgan fingerprint density at radius 3 is 2.52 bits per heavy atom. The lowest BCUT2D eigenvalue weighted by molar-refractivity contribution is 0.103. The van der Waals surface area contributed by atoms with Crippen LogP contribution in [0.15, 0.2) is 34.8 Å². The molecule has 0 amide bonds. The van der Waals surface area contributed by atoms with Gasteiger partial charge in [0.25, 0.3) is 0 Å². The van der Waals surface area contributed by atoms with Crippen LogP contribution in [0.25, 0.3) is 10.9 Å². The second kappa shape index (κ2) is 5.74. The minimum absolute atomic E-state index is 0.200. The molecule has 0 aliphatic rings. The summed E-state index contributed by atoms with van der Waals surface area (Å²) in [7, 11) is 0. The first kappa shape index (κ1) is 15.6. The molecule has 3 rings (SSSR count). The van der Waals surface area contributed by atoms with Gasteiger partial charge in [0, 0.05) is 15.4 Å². The minimum atomic E-state index is -0.200. The molecule has 116 valence electrons. The van der Waals surface area contributed by atoms with Crippen molar-refractivity contribution >= 4 is 38.3 Å². The van der Waals surface area contributed by atoms with Crippen molar-refractivity contribution in [1.82, 2.24) is 10.2 Å². The van der Waals surface area contributed by atoms with Crippen LogP contribution in [0.3, 0.4) is 0 Å². The van der Waals surface area contributed by atoms with Crippen LogP contribution in [-0.2, 0) is 0 Å². The topological polar surface area (TPSA) is 68.9 Å². The number of aryl methyl sites for hydroxylation is 3. The minimum Gasteiger partial charge on any atom is -0.396 e. The van der Waals surface area contributed by atoms with Crippen molar-refractivity contribution in [1.29, 1.82) is 0 Å². The summed E-state index contributed by atoms with van der Waals surface area (Å²) in [6.45, 7) is 5.84. The molecule has 3 aromatic rings. The van der Waals surface area contributed by atoms with Crippen molar-refractivity contribution in [3.63, 3.8) is 0 Å². The normalized spacial score (nSPS) is 11.0. The van der Waals surface area contributed by atoms with Gasteiger partial charge in [-0.2, -0.15) is 0 Å². The number of rotatable bonds is 2. The van der Waals surface area contributed by atoms with Crippen LogP contribution in [-0.4, -0.2) is 16.0 Å². The highest BCUT2D eigenvalue weighted by molar-refractivity contribution is 9.10. The summed E-state index contributed by atoms with van der Waals surface area (Å²) in [5.74, 6) is -0.200. The molecular weight excluding hydrogens is 354 g/mol. The maximum Gasteiger partial charge on any atom is 0.215 e. The number of carbonyl (C=O) groups excluding carboxylic acids is 1. The molecule has 0 fully saturated rings. The van der Waals surface area contributed by atoms with Crippen molar-refractivity contribution in [2.75, 3.05) is 5.73 Å². The fourth-order valence-corrected chi connectivity index (χ4v) is 3.07. The second-order valence-corrected chi connectivity index (χ2v) is 6.53. The predicted octanol–water partition coefficient (Wildman–Crippen LogP) is 4.13. The van der Waals surface area contributed by atoms with Gasteiger partial charge in [-0.15, -0.1) is 10.2 Å². The monoisotopic (exact) mass is 369 g/mol. The van der Waals surface area contributed by atoms with Gasteiger partial charge in [0.15, 0.2) is 5.69 Å². The van der Waals surface area contributed by atoms with E-state index in [9.17, 15) is 4.79 Å². The number of ketones is 1. The van der Waals surface area contributed by atoms with Crippen molar-refractivity contribution in [2.24, 2.45) is 0 Å². The lowest BCUT2D eigenvalue weighted by Gasteiger charge is -2.11. The molecule has 0 atom stereocenters. The largest absolute Gasteiger partial charge is 0.396 e. The first-order valence-corrected chi connectivity index (χ1v) is 8.02. The molecule has 0 radical (unpaired) electrons. The van der Waals surface area contributed by atoms with Crippen LogP contribution in [0.1, 0.15) is 32.7 Å². The highest BCUT2D eigenvalue weighted by atomic mass is 79.9. The van der Waals surface area contributed by atoms with E-state index in [1.807, 2.05) is 51.1 Å². The molecule has 1 aromatic heterocycles. The van der Waals surface area contributed by atoms with Gasteiger partial charge in [-0.25, -0.2) is 0 Å². The summed E-state index contributed by atoms with van der Waals surface area (Å²) in [5.41, 5.74) is 11.1. The number of nitrogen functional groups attached to an aromatic ring is 1. The van der Waals surface area contributed by atoms with E-state index < -0.39 is 0 Å². The zero-order chi connectivity index (χ0) is 16.7. The van der Waals surface area contributed by atoms with Crippen LogP contribution < -0.4 is 5.73 Å². The number of nitrogens with two attached hydrogens (primary N) is 1. The average molecular weight is 370 g/mol. The maximum atomic E-state index is 12.8. The number of hydrogen-bond acceptors (Lipinski definition) is 4. The van der Waals surface area contributed by atoms with Crippen LogP contribution in [0.5, 0.6) is 0 Å². The van der Waals surface area contributed by atoms with Crippen molar-refractivity contribution < 1.29 is 4.79 Å². The number of nitrogens with zero attached hydrogens (tertiary/aromatic N) is 2. The third-order valence-electron chi connectivity index (χ3n) is 4.00. The summed E-state index contributed by atoms with van der Waals surface area (Å²) in [5, 5.41) is 9.01. The Hall–Kier alpha value is -2.27. The standard InChI is InChI=1S/C18H16BrN3O/c1-9-4-5-12(10(2)8-9)18(23)17-16(20)15-11(3)13(19)6-7-14(15)21-22-17/h4-8H,1-3H3,(H2,20,21). The molecule has 0 saturated heterocycles. The molecule has 5 heteroatoms. The number of benzene rings is 2. The molecule has 0 saturated carbocycles. The number of halogens is 1. The Balaban J connectivity index is 2.22. The Morgan fingerprint density at radius 1 is 1.09 bits per heavy atom. The van der Waals surface area contributed by atoms with E-state index in [0.29, 0.717) is 16.8 Å². The van der Waals surface area contributed by atoms with Gasteiger partial charge in [0.1, 0.15) is 0 Å². The van der Waals surface area contributed by atoms with Crippen molar-refractivity contribution in [3.8, 4) is 0 Å². The van der Waals surface area contributed by atoms with Gasteiger partial charge in [-0.05, 0) is 44.0 Å². The fraction of sp³-hybridized carbons (Fsp3) is 0.167. The molecule has 0 spiro atoms. The van der Waals surface area contributed by atoms with Crippen LogP contribution in [0.4, 0.5) is 5.69 Å². The van der Waals surface area contributed by atoms with E-state index in [0.717, 1.165) is 26.5 Å². The Bertz CT molecular complexity index is 951. The number of aromatic nitrogens is 2. The summed E-state index contributed by atoms with van der Waals surface area (Å²) >= 11 is 3.49. The molecule has 0 aliphatic heterocycles. The lowest BCUT2D eigenvalue weighted by atomic mass is 9.98. The molecule has 2 N–H and O–H groups in total. The maximum absolute atomic E-state index is 12.8. The molecular formula is C18H16BrN3O.